The first kappa shape index (κ1) is 19.2. The summed E-state index contributed by atoms with van der Waals surface area (Å²) in [6, 6.07) is 6.02. The van der Waals surface area contributed by atoms with E-state index in [-0.39, 0.29) is 22.5 Å². The number of rotatable bonds is 5. The minimum absolute atomic E-state index is 0.00312. The molecule has 1 aromatic carbocycles. The quantitative estimate of drug-likeness (QED) is 0.534. The third kappa shape index (κ3) is 4.22. The lowest BCUT2D eigenvalue weighted by Gasteiger charge is -2.09. The molecule has 3 rings (SSSR count). The number of halogens is 4. The topological polar surface area (TPSA) is 86.7 Å². The fourth-order valence-electron chi connectivity index (χ4n) is 2.47. The summed E-state index contributed by atoms with van der Waals surface area (Å²) in [6.45, 7) is -1.07. The molecule has 2 aromatic heterocycles. The number of benzene rings is 1. The van der Waals surface area contributed by atoms with Gasteiger partial charge < -0.3 is 5.73 Å². The van der Waals surface area contributed by atoms with Crippen molar-refractivity contribution >= 4 is 17.7 Å². The second-order valence-electron chi connectivity index (χ2n) is 5.75. The molecule has 2 N–H and O–H groups in total. The van der Waals surface area contributed by atoms with Crippen LogP contribution in [0.15, 0.2) is 49.1 Å². The zero-order valence-corrected chi connectivity index (χ0v) is 14.2. The summed E-state index contributed by atoms with van der Waals surface area (Å²) in [5.74, 6) is -0.809. The Morgan fingerprint density at radius 2 is 2.04 bits per heavy atom. The fourth-order valence-corrected chi connectivity index (χ4v) is 2.47. The van der Waals surface area contributed by atoms with E-state index < -0.39 is 24.3 Å². The number of aromatic nitrogens is 4. The monoisotopic (exact) mass is 391 g/mol. The summed E-state index contributed by atoms with van der Waals surface area (Å²) in [4.78, 5) is 19.6. The molecule has 0 unspecified atom stereocenters. The molecule has 0 spiro atoms. The van der Waals surface area contributed by atoms with E-state index >= 15 is 0 Å². The minimum Gasteiger partial charge on any atom is -0.366 e. The van der Waals surface area contributed by atoms with Gasteiger partial charge in [0.25, 0.3) is 5.91 Å². The summed E-state index contributed by atoms with van der Waals surface area (Å²) in [5.41, 5.74) is 4.74. The zero-order valence-electron chi connectivity index (χ0n) is 14.2. The number of amides is 1. The molecular weight excluding hydrogens is 378 g/mol. The molecule has 0 aliphatic carbocycles. The molecule has 0 radical (unpaired) electrons. The maximum atomic E-state index is 13.0. The van der Waals surface area contributed by atoms with Crippen LogP contribution in [0, 0.1) is 0 Å². The van der Waals surface area contributed by atoms with Crippen LogP contribution in [0.4, 0.5) is 17.6 Å². The number of alkyl halides is 4. The highest BCUT2D eigenvalue weighted by molar-refractivity contribution is 6.22. The molecule has 144 valence electrons. The highest BCUT2D eigenvalue weighted by Gasteiger charge is 2.31. The van der Waals surface area contributed by atoms with E-state index in [9.17, 15) is 22.4 Å². The first-order valence-electron chi connectivity index (χ1n) is 7.88. The van der Waals surface area contributed by atoms with Crippen LogP contribution in [-0.4, -0.2) is 25.7 Å². The lowest BCUT2D eigenvalue weighted by Crippen LogP contribution is -2.14. The van der Waals surface area contributed by atoms with E-state index in [2.05, 4.69) is 15.1 Å². The summed E-state index contributed by atoms with van der Waals surface area (Å²) >= 11 is 0. The predicted octanol–water partition coefficient (Wildman–Crippen LogP) is 3.31. The largest absolute Gasteiger partial charge is 0.416 e. The van der Waals surface area contributed by atoms with Crippen LogP contribution in [0.1, 0.15) is 16.7 Å². The first-order valence-corrected chi connectivity index (χ1v) is 7.88. The number of hydrogen-bond donors (Lipinski definition) is 1. The van der Waals surface area contributed by atoms with Gasteiger partial charge in [-0.3, -0.25) is 9.78 Å². The summed E-state index contributed by atoms with van der Waals surface area (Å²) in [6.07, 6.45) is 0.784. The number of nitrogens with two attached hydrogens (primary N) is 1. The highest BCUT2D eigenvalue weighted by atomic mass is 19.4. The van der Waals surface area contributed by atoms with Crippen molar-refractivity contribution in [2.75, 3.05) is 0 Å². The molecule has 0 aliphatic heterocycles. The Bertz CT molecular complexity index is 1030. The Morgan fingerprint density at radius 1 is 1.25 bits per heavy atom. The standard InChI is InChI=1S/C18H13F4N5O/c19-7-11-4-13(6-14(5-11)18(20,21)22)17-25-10-27(26-17)9-15(16(23)28)12-2-1-3-24-8-12/h1-6,8-10H,7H2,(H2,23,28)/b15-9+. The van der Waals surface area contributed by atoms with Crippen molar-refractivity contribution in [2.24, 2.45) is 5.73 Å². The number of carbonyl (C=O) groups excluding carboxylic acids is 1. The van der Waals surface area contributed by atoms with Crippen LogP contribution >= 0.6 is 0 Å². The van der Waals surface area contributed by atoms with Gasteiger partial charge in [0.2, 0.25) is 0 Å². The predicted molar refractivity (Wildman–Crippen MR) is 92.9 cm³/mol. The number of hydrogen-bond acceptors (Lipinski definition) is 4. The van der Waals surface area contributed by atoms with Crippen molar-refractivity contribution in [3.63, 3.8) is 0 Å². The van der Waals surface area contributed by atoms with E-state index in [0.717, 1.165) is 16.8 Å². The van der Waals surface area contributed by atoms with Crippen LogP contribution in [0.3, 0.4) is 0 Å². The van der Waals surface area contributed by atoms with Crippen molar-refractivity contribution in [1.82, 2.24) is 19.7 Å². The molecule has 0 aliphatic rings. The van der Waals surface area contributed by atoms with E-state index in [1.807, 2.05) is 0 Å². The van der Waals surface area contributed by atoms with Gasteiger partial charge in [-0.2, -0.15) is 13.2 Å². The number of primary amides is 1. The van der Waals surface area contributed by atoms with Crippen LogP contribution < -0.4 is 5.73 Å². The highest BCUT2D eigenvalue weighted by Crippen LogP contribution is 2.33. The van der Waals surface area contributed by atoms with Gasteiger partial charge in [-0.1, -0.05) is 6.07 Å². The minimum atomic E-state index is -4.64. The molecule has 6 nitrogen and oxygen atoms in total. The molecular formula is C18H13F4N5O. The van der Waals surface area contributed by atoms with Crippen molar-refractivity contribution in [3.8, 4) is 11.4 Å². The third-order valence-corrected chi connectivity index (χ3v) is 3.74. The second kappa shape index (κ2) is 7.59. The van der Waals surface area contributed by atoms with Crippen molar-refractivity contribution in [1.29, 1.82) is 0 Å². The molecule has 3 aromatic rings. The van der Waals surface area contributed by atoms with Crippen LogP contribution in [0.25, 0.3) is 23.2 Å². The lowest BCUT2D eigenvalue weighted by molar-refractivity contribution is -0.137. The van der Waals surface area contributed by atoms with Crippen molar-refractivity contribution in [3.05, 3.63) is 65.7 Å². The van der Waals surface area contributed by atoms with E-state index in [4.69, 9.17) is 5.73 Å². The third-order valence-electron chi connectivity index (χ3n) is 3.74. The molecule has 0 saturated heterocycles. The van der Waals surface area contributed by atoms with Gasteiger partial charge in [0, 0.05) is 29.7 Å². The smallest absolute Gasteiger partial charge is 0.366 e. The maximum absolute atomic E-state index is 13.0. The van der Waals surface area contributed by atoms with Gasteiger partial charge in [0.1, 0.15) is 13.0 Å². The molecule has 2 heterocycles. The second-order valence-corrected chi connectivity index (χ2v) is 5.75. The zero-order chi connectivity index (χ0) is 20.3. The van der Waals surface area contributed by atoms with Crippen LogP contribution in [0.2, 0.25) is 0 Å². The fraction of sp³-hybridized carbons (Fsp3) is 0.111. The Labute approximate surface area is 156 Å². The van der Waals surface area contributed by atoms with Crippen molar-refractivity contribution in [2.45, 2.75) is 12.9 Å². The molecule has 0 fully saturated rings. The van der Waals surface area contributed by atoms with Gasteiger partial charge in [0.05, 0.1) is 11.1 Å². The molecule has 0 saturated carbocycles. The molecule has 10 heteroatoms. The number of pyridine rings is 1. The van der Waals surface area contributed by atoms with Crippen molar-refractivity contribution < 1.29 is 22.4 Å². The number of nitrogens with zero attached hydrogens (tertiary/aromatic N) is 4. The Hall–Kier alpha value is -3.56. The summed E-state index contributed by atoms with van der Waals surface area (Å²) < 4.78 is 53.2. The van der Waals surface area contributed by atoms with E-state index in [1.54, 1.807) is 12.1 Å². The van der Waals surface area contributed by atoms with E-state index in [1.165, 1.54) is 31.0 Å². The van der Waals surface area contributed by atoms with Gasteiger partial charge in [-0.05, 0) is 29.8 Å². The summed E-state index contributed by atoms with van der Waals surface area (Å²) in [7, 11) is 0. The SMILES string of the molecule is NC(=O)/C(=C/n1cnc(-c2cc(CF)cc(C(F)(F)F)c2)n1)c1cccnc1. The average Bonchev–Trinajstić information content (AvgIpc) is 3.14. The lowest BCUT2D eigenvalue weighted by atomic mass is 10.1. The van der Waals surface area contributed by atoms with Gasteiger partial charge in [0.15, 0.2) is 5.82 Å². The molecule has 28 heavy (non-hydrogen) atoms. The first-order chi connectivity index (χ1) is 13.3. The molecule has 0 atom stereocenters. The normalized spacial score (nSPS) is 12.2. The average molecular weight is 391 g/mol. The van der Waals surface area contributed by atoms with Gasteiger partial charge in [-0.15, -0.1) is 5.10 Å². The van der Waals surface area contributed by atoms with Crippen LogP contribution in [0.5, 0.6) is 0 Å². The number of carbonyl (C=O) groups is 1. The molecule has 1 amide bonds. The van der Waals surface area contributed by atoms with E-state index in [0.29, 0.717) is 5.56 Å². The maximum Gasteiger partial charge on any atom is 0.416 e. The Morgan fingerprint density at radius 3 is 2.64 bits per heavy atom. The Kier molecular flexibility index (Phi) is 5.21. The van der Waals surface area contributed by atoms with Gasteiger partial charge in [-0.25, -0.2) is 14.1 Å². The summed E-state index contributed by atoms with van der Waals surface area (Å²) in [5, 5.41) is 4.04. The Balaban J connectivity index is 2.01. The molecule has 0 bridgehead atoms. The van der Waals surface area contributed by atoms with Crippen LogP contribution in [-0.2, 0) is 17.6 Å². The van der Waals surface area contributed by atoms with Gasteiger partial charge >= 0.3 is 6.18 Å².